The van der Waals surface area contributed by atoms with Crippen LogP contribution in [-0.4, -0.2) is 48.0 Å². The van der Waals surface area contributed by atoms with Gasteiger partial charge in [-0.15, -0.1) is 0 Å². The Morgan fingerprint density at radius 2 is 1.84 bits per heavy atom. The molecule has 3 aliphatic rings. The summed E-state index contributed by atoms with van der Waals surface area (Å²) in [6.45, 7) is 12.1. The quantitative estimate of drug-likeness (QED) is 0.692. The zero-order chi connectivity index (χ0) is 18.1. The van der Waals surface area contributed by atoms with E-state index in [1.165, 1.54) is 51.4 Å². The van der Waals surface area contributed by atoms with Gasteiger partial charge in [-0.25, -0.2) is 0 Å². The topological polar surface area (TPSA) is 32.7 Å². The molecular formula is C22H41NO2. The molecule has 0 spiro atoms. The average molecular weight is 352 g/mol. The van der Waals surface area contributed by atoms with Crippen LogP contribution in [0.5, 0.6) is 0 Å². The lowest BCUT2D eigenvalue weighted by atomic mass is 9.70. The highest BCUT2D eigenvalue weighted by Crippen LogP contribution is 2.66. The number of hydrogen-bond acceptors (Lipinski definition) is 3. The third-order valence-electron chi connectivity index (χ3n) is 8.43. The van der Waals surface area contributed by atoms with E-state index in [4.69, 9.17) is 4.74 Å². The number of ether oxygens (including phenoxy) is 1. The Hall–Kier alpha value is -0.120. The fraction of sp³-hybridized carbons (Fsp3) is 1.00. The maximum Gasteiger partial charge on any atom is 0.0689 e. The zero-order valence-corrected chi connectivity index (χ0v) is 17.1. The third-order valence-corrected chi connectivity index (χ3v) is 8.43. The van der Waals surface area contributed by atoms with Crippen LogP contribution in [0.3, 0.4) is 0 Å². The van der Waals surface area contributed by atoms with Crippen molar-refractivity contribution < 1.29 is 9.84 Å². The first-order valence-corrected chi connectivity index (χ1v) is 10.9. The van der Waals surface area contributed by atoms with Crippen LogP contribution in [0.2, 0.25) is 0 Å². The normalized spacial score (nSPS) is 36.2. The number of rotatable bonds is 8. The van der Waals surface area contributed by atoms with Crippen LogP contribution in [0.25, 0.3) is 0 Å². The summed E-state index contributed by atoms with van der Waals surface area (Å²) in [5, 5.41) is 10.5. The Kier molecular flexibility index (Phi) is 6.17. The van der Waals surface area contributed by atoms with E-state index in [1.807, 2.05) is 0 Å². The van der Waals surface area contributed by atoms with Gasteiger partial charge in [-0.2, -0.15) is 0 Å². The smallest absolute Gasteiger partial charge is 0.0689 e. The van der Waals surface area contributed by atoms with E-state index in [2.05, 4.69) is 32.6 Å². The fourth-order valence-corrected chi connectivity index (χ4v) is 6.07. The Balaban J connectivity index is 1.41. The van der Waals surface area contributed by atoms with Gasteiger partial charge in [0, 0.05) is 19.2 Å². The molecular weight excluding hydrogens is 310 g/mol. The van der Waals surface area contributed by atoms with Gasteiger partial charge in [0.05, 0.1) is 12.2 Å². The lowest BCUT2D eigenvalue weighted by Crippen LogP contribution is -2.42. The van der Waals surface area contributed by atoms with Crippen LogP contribution < -0.4 is 0 Å². The van der Waals surface area contributed by atoms with Gasteiger partial charge in [-0.05, 0) is 61.8 Å². The minimum Gasteiger partial charge on any atom is -0.392 e. The highest BCUT2D eigenvalue weighted by atomic mass is 16.5. The van der Waals surface area contributed by atoms with Crippen molar-refractivity contribution in [3.8, 4) is 0 Å². The van der Waals surface area contributed by atoms with Crippen molar-refractivity contribution in [3.05, 3.63) is 0 Å². The Bertz CT molecular complexity index is 432. The van der Waals surface area contributed by atoms with E-state index in [9.17, 15) is 5.11 Å². The number of nitrogens with zero attached hydrogens (tertiary/aromatic N) is 1. The first-order chi connectivity index (χ1) is 11.9. The second-order valence-electron chi connectivity index (χ2n) is 9.79. The Labute approximate surface area is 155 Å². The molecule has 146 valence electrons. The summed E-state index contributed by atoms with van der Waals surface area (Å²) < 4.78 is 6.33. The van der Waals surface area contributed by atoms with Crippen molar-refractivity contribution >= 4 is 0 Å². The third kappa shape index (κ3) is 3.80. The van der Waals surface area contributed by atoms with Crippen LogP contribution in [0, 0.1) is 16.7 Å². The minimum absolute atomic E-state index is 0.249. The van der Waals surface area contributed by atoms with E-state index >= 15 is 0 Å². The highest BCUT2D eigenvalue weighted by molar-refractivity contribution is 5.11. The van der Waals surface area contributed by atoms with Crippen LogP contribution in [-0.2, 0) is 4.74 Å². The van der Waals surface area contributed by atoms with E-state index in [0.29, 0.717) is 29.6 Å². The van der Waals surface area contributed by atoms with Gasteiger partial charge in [-0.3, -0.25) is 4.90 Å². The predicted octanol–water partition coefficient (Wildman–Crippen LogP) is 4.62. The maximum atomic E-state index is 10.5. The molecule has 0 unspecified atom stereocenters. The Morgan fingerprint density at radius 1 is 1.12 bits per heavy atom. The summed E-state index contributed by atoms with van der Waals surface area (Å²) in [5.41, 5.74) is 0.746. The maximum absolute atomic E-state index is 10.5. The van der Waals surface area contributed by atoms with E-state index in [-0.39, 0.29) is 6.10 Å². The van der Waals surface area contributed by atoms with Gasteiger partial charge in [-0.1, -0.05) is 47.0 Å². The van der Waals surface area contributed by atoms with Crippen LogP contribution in [0.4, 0.5) is 0 Å². The molecule has 3 aliphatic carbocycles. The van der Waals surface area contributed by atoms with E-state index in [0.717, 1.165) is 25.4 Å². The summed E-state index contributed by atoms with van der Waals surface area (Å²) in [6.07, 6.45) is 11.6. The number of likely N-dealkylation sites (N-methyl/N-ethyl adjacent to an activating group) is 1. The molecule has 0 heterocycles. The van der Waals surface area contributed by atoms with Gasteiger partial charge < -0.3 is 9.84 Å². The molecule has 25 heavy (non-hydrogen) atoms. The van der Waals surface area contributed by atoms with E-state index in [1.54, 1.807) is 0 Å². The van der Waals surface area contributed by atoms with Gasteiger partial charge >= 0.3 is 0 Å². The molecule has 3 fully saturated rings. The molecule has 0 amide bonds. The van der Waals surface area contributed by atoms with Crippen molar-refractivity contribution in [2.45, 2.75) is 104 Å². The molecule has 3 heteroatoms. The summed E-state index contributed by atoms with van der Waals surface area (Å²) in [7, 11) is 0. The van der Waals surface area contributed by atoms with Crippen molar-refractivity contribution in [2.75, 3.05) is 19.7 Å². The van der Waals surface area contributed by atoms with Crippen LogP contribution in [0.1, 0.15) is 85.5 Å². The minimum atomic E-state index is -0.249. The lowest BCUT2D eigenvalue weighted by molar-refractivity contribution is -0.0572. The Morgan fingerprint density at radius 3 is 2.40 bits per heavy atom. The number of aliphatic hydroxyl groups excluding tert-OH is 1. The molecule has 1 N–H and O–H groups in total. The largest absolute Gasteiger partial charge is 0.392 e. The summed E-state index contributed by atoms with van der Waals surface area (Å²) >= 11 is 0. The van der Waals surface area contributed by atoms with Crippen molar-refractivity contribution in [3.63, 3.8) is 0 Å². The van der Waals surface area contributed by atoms with Crippen molar-refractivity contribution in [1.29, 1.82) is 0 Å². The monoisotopic (exact) mass is 351 g/mol. The molecule has 0 aromatic heterocycles. The SMILES string of the molecule is CCN(C[C@H](O)CCO[C@H]1C[C@H]2CC[C@@]1(C)C2(C)C)C1CCCCC1. The van der Waals surface area contributed by atoms with Crippen molar-refractivity contribution in [1.82, 2.24) is 4.90 Å². The highest BCUT2D eigenvalue weighted by Gasteiger charge is 2.61. The zero-order valence-electron chi connectivity index (χ0n) is 17.1. The van der Waals surface area contributed by atoms with Gasteiger partial charge in [0.2, 0.25) is 0 Å². The van der Waals surface area contributed by atoms with Gasteiger partial charge in [0.15, 0.2) is 0 Å². The summed E-state index contributed by atoms with van der Waals surface area (Å²) in [5.74, 6) is 0.828. The van der Waals surface area contributed by atoms with Crippen molar-refractivity contribution in [2.24, 2.45) is 16.7 Å². The van der Waals surface area contributed by atoms with Gasteiger partial charge in [0.25, 0.3) is 0 Å². The standard InChI is InChI=1S/C22H41NO2/c1-5-23(18-9-7-6-8-10-18)16-19(24)12-14-25-20-15-17-11-13-22(20,4)21(17,2)3/h17-20,24H,5-16H2,1-4H3/t17-,19-,20+,22-/m1/s1. The molecule has 3 saturated carbocycles. The lowest BCUT2D eigenvalue weighted by Gasteiger charge is -2.39. The molecule has 0 aliphatic heterocycles. The molecule has 0 saturated heterocycles. The van der Waals surface area contributed by atoms with E-state index < -0.39 is 0 Å². The molecule has 3 nitrogen and oxygen atoms in total. The first kappa shape index (κ1) is 19.6. The fourth-order valence-electron chi connectivity index (χ4n) is 6.07. The first-order valence-electron chi connectivity index (χ1n) is 10.9. The summed E-state index contributed by atoms with van der Waals surface area (Å²) in [6, 6.07) is 0.694. The number of fused-ring (bicyclic) bond motifs is 2. The average Bonchev–Trinajstić information content (AvgIpc) is 2.94. The van der Waals surface area contributed by atoms with Crippen LogP contribution >= 0.6 is 0 Å². The second-order valence-corrected chi connectivity index (χ2v) is 9.79. The van der Waals surface area contributed by atoms with Gasteiger partial charge in [0.1, 0.15) is 0 Å². The predicted molar refractivity (Wildman–Crippen MR) is 104 cm³/mol. The molecule has 4 atom stereocenters. The summed E-state index contributed by atoms with van der Waals surface area (Å²) in [4.78, 5) is 2.51. The molecule has 0 radical (unpaired) electrons. The second kappa shape index (κ2) is 7.86. The number of hydrogen-bond donors (Lipinski definition) is 1. The van der Waals surface area contributed by atoms with Crippen LogP contribution in [0.15, 0.2) is 0 Å². The molecule has 0 aromatic rings. The molecule has 0 aromatic carbocycles. The number of aliphatic hydroxyl groups is 1. The molecule has 2 bridgehead atoms. The molecule has 3 rings (SSSR count).